The maximum absolute atomic E-state index is 11.5. The van der Waals surface area contributed by atoms with Crippen molar-refractivity contribution in [1.29, 1.82) is 0 Å². The number of hydrogen-bond donors (Lipinski definition) is 1. The van der Waals surface area contributed by atoms with E-state index in [1.165, 1.54) is 5.41 Å². The molecule has 1 heterocycles. The van der Waals surface area contributed by atoms with E-state index in [9.17, 15) is 8.42 Å². The van der Waals surface area contributed by atoms with Gasteiger partial charge in [-0.2, -0.15) is 0 Å². The van der Waals surface area contributed by atoms with Gasteiger partial charge >= 0.3 is 0 Å². The van der Waals surface area contributed by atoms with Gasteiger partial charge in [-0.1, -0.05) is 6.07 Å². The Balaban J connectivity index is 2.61. The molecule has 0 unspecified atom stereocenters. The fraction of sp³-hybridized carbons (Fsp3) is 0.273. The lowest BCUT2D eigenvalue weighted by atomic mass is 9.94. The lowest BCUT2D eigenvalue weighted by molar-refractivity contribution is 0.553. The van der Waals surface area contributed by atoms with Gasteiger partial charge in [-0.25, -0.2) is 8.42 Å². The molecule has 3 nitrogen and oxygen atoms in total. The standard InChI is InChI=1S/C11H13NO2S/c1-11(2,12)9-3-4-10-8(7-9)5-6-15(10,13)14/h3-7H,12H2,1-2H3. The third-order valence-electron chi connectivity index (χ3n) is 2.49. The van der Waals surface area contributed by atoms with Gasteiger partial charge in [0, 0.05) is 10.9 Å². The number of hydrogen-bond acceptors (Lipinski definition) is 3. The summed E-state index contributed by atoms with van der Waals surface area (Å²) in [5.74, 6) is 0. The highest BCUT2D eigenvalue weighted by Crippen LogP contribution is 2.29. The molecule has 2 rings (SSSR count). The van der Waals surface area contributed by atoms with E-state index >= 15 is 0 Å². The summed E-state index contributed by atoms with van der Waals surface area (Å²) in [5, 5.41) is 1.23. The molecule has 80 valence electrons. The van der Waals surface area contributed by atoms with Crippen LogP contribution in [0, 0.1) is 0 Å². The number of fused-ring (bicyclic) bond motifs is 1. The third-order valence-corrected chi connectivity index (χ3v) is 3.97. The van der Waals surface area contributed by atoms with Crippen molar-refractivity contribution in [1.82, 2.24) is 0 Å². The van der Waals surface area contributed by atoms with E-state index in [0.29, 0.717) is 4.90 Å². The van der Waals surface area contributed by atoms with Crippen molar-refractivity contribution in [3.8, 4) is 0 Å². The molecule has 1 aromatic carbocycles. The zero-order valence-corrected chi connectivity index (χ0v) is 9.51. The highest BCUT2D eigenvalue weighted by molar-refractivity contribution is 7.94. The van der Waals surface area contributed by atoms with Crippen molar-refractivity contribution in [3.63, 3.8) is 0 Å². The van der Waals surface area contributed by atoms with E-state index in [1.807, 2.05) is 19.9 Å². The molecule has 15 heavy (non-hydrogen) atoms. The molecule has 0 saturated heterocycles. The minimum absolute atomic E-state index is 0.371. The van der Waals surface area contributed by atoms with Crippen molar-refractivity contribution >= 4 is 15.9 Å². The van der Waals surface area contributed by atoms with Crippen molar-refractivity contribution in [2.45, 2.75) is 24.3 Å². The molecule has 0 bridgehead atoms. The molecule has 0 fully saturated rings. The molecule has 2 N–H and O–H groups in total. The Morgan fingerprint density at radius 3 is 2.53 bits per heavy atom. The van der Waals surface area contributed by atoms with Crippen LogP contribution in [0.1, 0.15) is 25.0 Å². The van der Waals surface area contributed by atoms with Crippen LogP contribution >= 0.6 is 0 Å². The van der Waals surface area contributed by atoms with Crippen LogP contribution in [0.25, 0.3) is 6.08 Å². The quantitative estimate of drug-likeness (QED) is 0.787. The van der Waals surface area contributed by atoms with Gasteiger partial charge < -0.3 is 5.73 Å². The predicted molar refractivity (Wildman–Crippen MR) is 59.9 cm³/mol. The summed E-state index contributed by atoms with van der Waals surface area (Å²) >= 11 is 0. The van der Waals surface area contributed by atoms with Gasteiger partial charge in [0.05, 0.1) is 4.90 Å². The van der Waals surface area contributed by atoms with Crippen LogP contribution in [0.5, 0.6) is 0 Å². The average Bonchev–Trinajstić information content (AvgIpc) is 2.41. The molecule has 1 aliphatic rings. The Morgan fingerprint density at radius 2 is 1.93 bits per heavy atom. The maximum Gasteiger partial charge on any atom is 0.200 e. The Hall–Kier alpha value is -1.13. The Labute approximate surface area is 89.5 Å². The number of rotatable bonds is 1. The van der Waals surface area contributed by atoms with E-state index in [2.05, 4.69) is 0 Å². The summed E-state index contributed by atoms with van der Waals surface area (Å²) in [6.07, 6.45) is 1.61. The van der Waals surface area contributed by atoms with E-state index in [1.54, 1.807) is 18.2 Å². The fourth-order valence-electron chi connectivity index (χ4n) is 1.57. The van der Waals surface area contributed by atoms with Gasteiger partial charge in [0.1, 0.15) is 0 Å². The highest BCUT2D eigenvalue weighted by atomic mass is 32.2. The molecular formula is C11H13NO2S. The summed E-state index contributed by atoms with van der Waals surface area (Å²) < 4.78 is 23.0. The molecular weight excluding hydrogens is 210 g/mol. The van der Waals surface area contributed by atoms with Gasteiger partial charge in [0.25, 0.3) is 0 Å². The number of benzene rings is 1. The molecule has 0 radical (unpaired) electrons. The summed E-state index contributed by atoms with van der Waals surface area (Å²) in [7, 11) is -3.19. The SMILES string of the molecule is CC(C)(N)c1ccc2c(c1)C=CS2(=O)=O. The fourth-order valence-corrected chi connectivity index (χ4v) is 2.76. The summed E-state index contributed by atoms with van der Waals surface area (Å²) in [5.41, 5.74) is 7.16. The first kappa shape index (κ1) is 10.4. The number of nitrogens with two attached hydrogens (primary N) is 1. The normalized spacial score (nSPS) is 17.8. The molecule has 0 saturated carbocycles. The largest absolute Gasteiger partial charge is 0.322 e. The van der Waals surface area contributed by atoms with Gasteiger partial charge in [0.2, 0.25) is 0 Å². The molecule has 1 aliphatic heterocycles. The number of sulfone groups is 1. The van der Waals surface area contributed by atoms with Crippen LogP contribution in [0.4, 0.5) is 0 Å². The van der Waals surface area contributed by atoms with Crippen molar-refractivity contribution in [2.75, 3.05) is 0 Å². The van der Waals surface area contributed by atoms with Crippen LogP contribution < -0.4 is 5.73 Å². The van der Waals surface area contributed by atoms with E-state index in [0.717, 1.165) is 11.1 Å². The first-order valence-electron chi connectivity index (χ1n) is 4.67. The van der Waals surface area contributed by atoms with E-state index in [4.69, 9.17) is 5.73 Å². The average molecular weight is 223 g/mol. The van der Waals surface area contributed by atoms with E-state index < -0.39 is 15.4 Å². The summed E-state index contributed by atoms with van der Waals surface area (Å²) in [6.45, 7) is 3.78. The molecule has 4 heteroatoms. The molecule has 1 aromatic rings. The van der Waals surface area contributed by atoms with Gasteiger partial charge in [-0.05, 0) is 43.2 Å². The van der Waals surface area contributed by atoms with Crippen LogP contribution in [0.2, 0.25) is 0 Å². The Morgan fingerprint density at radius 1 is 1.27 bits per heavy atom. The minimum atomic E-state index is -3.19. The van der Waals surface area contributed by atoms with Gasteiger partial charge in [-0.15, -0.1) is 0 Å². The topological polar surface area (TPSA) is 60.2 Å². The second kappa shape index (κ2) is 2.93. The molecule has 0 amide bonds. The Bertz CT molecular complexity index is 536. The predicted octanol–water partition coefficient (Wildman–Crippen LogP) is 1.64. The van der Waals surface area contributed by atoms with Crippen LogP contribution in [-0.2, 0) is 15.4 Å². The van der Waals surface area contributed by atoms with Gasteiger partial charge in [-0.3, -0.25) is 0 Å². The van der Waals surface area contributed by atoms with Crippen molar-refractivity contribution < 1.29 is 8.42 Å². The smallest absolute Gasteiger partial charge is 0.200 e. The maximum atomic E-state index is 11.5. The van der Waals surface area contributed by atoms with Crippen molar-refractivity contribution in [2.24, 2.45) is 5.73 Å². The van der Waals surface area contributed by atoms with Crippen molar-refractivity contribution in [3.05, 3.63) is 34.7 Å². The third kappa shape index (κ3) is 1.70. The molecule has 0 aromatic heterocycles. The lowest BCUT2D eigenvalue weighted by Crippen LogP contribution is -2.28. The lowest BCUT2D eigenvalue weighted by Gasteiger charge is -2.19. The second-order valence-corrected chi connectivity index (χ2v) is 6.12. The molecule has 0 atom stereocenters. The van der Waals surface area contributed by atoms with Crippen LogP contribution in [0.15, 0.2) is 28.5 Å². The zero-order chi connectivity index (χ0) is 11.3. The van der Waals surface area contributed by atoms with Crippen LogP contribution in [-0.4, -0.2) is 8.42 Å². The van der Waals surface area contributed by atoms with E-state index in [-0.39, 0.29) is 0 Å². The van der Waals surface area contributed by atoms with Crippen LogP contribution in [0.3, 0.4) is 0 Å². The first-order valence-corrected chi connectivity index (χ1v) is 6.22. The highest BCUT2D eigenvalue weighted by Gasteiger charge is 2.23. The zero-order valence-electron chi connectivity index (χ0n) is 8.69. The minimum Gasteiger partial charge on any atom is -0.322 e. The summed E-state index contributed by atoms with van der Waals surface area (Å²) in [6, 6.07) is 5.22. The second-order valence-electron chi connectivity index (χ2n) is 4.32. The Kier molecular flexibility index (Phi) is 2.03. The summed E-state index contributed by atoms with van der Waals surface area (Å²) in [4.78, 5) is 0.371. The van der Waals surface area contributed by atoms with Gasteiger partial charge in [0.15, 0.2) is 9.84 Å². The first-order chi connectivity index (χ1) is 6.81. The monoisotopic (exact) mass is 223 g/mol. The molecule has 0 aliphatic carbocycles. The molecule has 0 spiro atoms.